The Morgan fingerprint density at radius 3 is 2.45 bits per heavy atom. The summed E-state index contributed by atoms with van der Waals surface area (Å²) >= 11 is 0. The highest BCUT2D eigenvalue weighted by Gasteiger charge is 2.31. The zero-order valence-corrected chi connectivity index (χ0v) is 27.7. The van der Waals surface area contributed by atoms with Crippen LogP contribution in [0, 0.1) is 11.8 Å². The number of fused-ring (bicyclic) bond motifs is 2. The van der Waals surface area contributed by atoms with Crippen molar-refractivity contribution in [2.45, 2.75) is 103 Å². The number of nitrogens with one attached hydrogen (secondary N) is 2. The van der Waals surface area contributed by atoms with E-state index in [0.717, 1.165) is 0 Å². The maximum absolute atomic E-state index is 13.2. The number of phenols is 2. The molecular formula is C36H50N2O9. The van der Waals surface area contributed by atoms with Crippen LogP contribution in [0.5, 0.6) is 11.5 Å². The van der Waals surface area contributed by atoms with Crippen LogP contribution in [0.25, 0.3) is 0 Å². The van der Waals surface area contributed by atoms with E-state index in [0.29, 0.717) is 56.1 Å². The topological polar surface area (TPSA) is 175 Å². The lowest BCUT2D eigenvalue weighted by Crippen LogP contribution is -2.45. The van der Waals surface area contributed by atoms with E-state index < -0.39 is 42.1 Å². The van der Waals surface area contributed by atoms with Gasteiger partial charge >= 0.3 is 5.97 Å². The number of amides is 2. The first-order valence-corrected chi connectivity index (χ1v) is 16.3. The van der Waals surface area contributed by atoms with Gasteiger partial charge in [-0.05, 0) is 69.6 Å². The monoisotopic (exact) mass is 654 g/mol. The first-order chi connectivity index (χ1) is 22.4. The highest BCUT2D eigenvalue weighted by Crippen LogP contribution is 2.34. The van der Waals surface area contributed by atoms with Crippen LogP contribution in [0.1, 0.15) is 71.3 Å². The lowest BCUT2D eigenvalue weighted by Gasteiger charge is -2.30. The minimum atomic E-state index is -0.967. The van der Waals surface area contributed by atoms with Gasteiger partial charge in [0.05, 0.1) is 30.4 Å². The molecular weight excluding hydrogens is 604 g/mol. The molecule has 0 spiro atoms. The quantitative estimate of drug-likeness (QED) is 0.117. The second kappa shape index (κ2) is 18.4. The van der Waals surface area contributed by atoms with Crippen LogP contribution in [-0.4, -0.2) is 75.8 Å². The number of carbonyl (C=O) groups excluding carboxylic acids is 3. The number of benzene rings is 1. The van der Waals surface area contributed by atoms with Gasteiger partial charge in [-0.1, -0.05) is 49.5 Å². The molecule has 11 nitrogen and oxygen atoms in total. The SMILES string of the molecule is COC1C=CC=CC=CCC(OC(=O)C(C)NC(=O)C2CCC(O)CC2)C(C)C(O)C(C)=CCCc2cc(O)cc(c2O)NC(=O)C1. The van der Waals surface area contributed by atoms with Crippen LogP contribution in [-0.2, 0) is 30.3 Å². The zero-order valence-electron chi connectivity index (χ0n) is 27.7. The van der Waals surface area contributed by atoms with Crippen LogP contribution < -0.4 is 10.6 Å². The molecule has 258 valence electrons. The second-order valence-electron chi connectivity index (χ2n) is 12.5. The minimum Gasteiger partial charge on any atom is -0.508 e. The number of aliphatic hydroxyl groups is 2. The van der Waals surface area contributed by atoms with Crippen LogP contribution in [0.2, 0.25) is 0 Å². The van der Waals surface area contributed by atoms with E-state index in [-0.39, 0.29) is 41.5 Å². The summed E-state index contributed by atoms with van der Waals surface area (Å²) in [7, 11) is 1.48. The summed E-state index contributed by atoms with van der Waals surface area (Å²) in [5, 5.41) is 47.5. The molecule has 2 amide bonds. The van der Waals surface area contributed by atoms with Crippen molar-refractivity contribution in [2.24, 2.45) is 11.8 Å². The molecule has 1 aliphatic carbocycles. The lowest BCUT2D eigenvalue weighted by atomic mass is 9.87. The highest BCUT2D eigenvalue weighted by molar-refractivity contribution is 5.93. The fraction of sp³-hybridized carbons (Fsp3) is 0.528. The third kappa shape index (κ3) is 11.7. The number of carbonyl (C=O) groups is 3. The molecule has 1 heterocycles. The average molecular weight is 655 g/mol. The highest BCUT2D eigenvalue weighted by atomic mass is 16.5. The molecule has 1 aromatic carbocycles. The Morgan fingerprint density at radius 2 is 1.74 bits per heavy atom. The van der Waals surface area contributed by atoms with E-state index in [1.165, 1.54) is 19.2 Å². The number of hydrogen-bond donors (Lipinski definition) is 6. The van der Waals surface area contributed by atoms with Crippen molar-refractivity contribution in [3.63, 3.8) is 0 Å². The Morgan fingerprint density at radius 1 is 1.04 bits per heavy atom. The summed E-state index contributed by atoms with van der Waals surface area (Å²) in [5.41, 5.74) is 1.14. The molecule has 1 fully saturated rings. The van der Waals surface area contributed by atoms with Gasteiger partial charge in [0.15, 0.2) is 0 Å². The molecule has 0 radical (unpaired) electrons. The smallest absolute Gasteiger partial charge is 0.328 e. The summed E-state index contributed by atoms with van der Waals surface area (Å²) in [5.74, 6) is -2.30. The zero-order chi connectivity index (χ0) is 34.5. The molecule has 5 atom stereocenters. The Kier molecular flexibility index (Phi) is 14.7. The van der Waals surface area contributed by atoms with Crippen molar-refractivity contribution in [3.05, 3.63) is 65.8 Å². The standard InChI is InChI=1S/C36H50N2O9/c1-22-11-10-12-26-19-28(40)20-30(34(26)43)38-32(41)21-29(46-4)13-8-6-5-7-9-14-31(23(2)33(22)42)47-36(45)24(3)37-35(44)25-15-17-27(39)18-16-25/h5-9,11,13,19-20,23-25,27,29,31,33,39-40,42-43H,10,12,14-18,21H2,1-4H3,(H,37,44)(H,38,41). The van der Waals surface area contributed by atoms with Crippen molar-refractivity contribution in [3.8, 4) is 11.5 Å². The lowest BCUT2D eigenvalue weighted by molar-refractivity contribution is -0.156. The Labute approximate surface area is 277 Å². The van der Waals surface area contributed by atoms with E-state index in [1.54, 1.807) is 51.2 Å². The molecule has 47 heavy (non-hydrogen) atoms. The van der Waals surface area contributed by atoms with Gasteiger partial charge in [-0.15, -0.1) is 0 Å². The number of aryl methyl sites for hydroxylation is 1. The fourth-order valence-electron chi connectivity index (χ4n) is 5.73. The van der Waals surface area contributed by atoms with E-state index >= 15 is 0 Å². The minimum absolute atomic E-state index is 0.0193. The second-order valence-corrected chi connectivity index (χ2v) is 12.5. The summed E-state index contributed by atoms with van der Waals surface area (Å²) in [6, 6.07) is 1.81. The summed E-state index contributed by atoms with van der Waals surface area (Å²) in [6.45, 7) is 5.13. The Bertz CT molecular complexity index is 1340. The number of ether oxygens (including phenoxy) is 2. The number of rotatable bonds is 5. The van der Waals surface area contributed by atoms with Crippen LogP contribution >= 0.6 is 0 Å². The summed E-state index contributed by atoms with van der Waals surface area (Å²) < 4.78 is 11.3. The van der Waals surface area contributed by atoms with E-state index in [1.807, 2.05) is 12.2 Å². The molecule has 2 bridgehead atoms. The third-order valence-corrected chi connectivity index (χ3v) is 8.78. The predicted molar refractivity (Wildman–Crippen MR) is 179 cm³/mol. The van der Waals surface area contributed by atoms with Gasteiger partial charge in [0.1, 0.15) is 23.6 Å². The average Bonchev–Trinajstić information content (AvgIpc) is 3.03. The number of methoxy groups -OCH3 is 1. The number of hydrogen-bond acceptors (Lipinski definition) is 9. The fourth-order valence-corrected chi connectivity index (χ4v) is 5.73. The van der Waals surface area contributed by atoms with Crippen molar-refractivity contribution in [2.75, 3.05) is 12.4 Å². The van der Waals surface area contributed by atoms with Gasteiger partial charge in [-0.25, -0.2) is 4.79 Å². The largest absolute Gasteiger partial charge is 0.508 e. The van der Waals surface area contributed by atoms with Gasteiger partial charge in [0.25, 0.3) is 0 Å². The number of allylic oxidation sites excluding steroid dienone is 5. The van der Waals surface area contributed by atoms with Crippen LogP contribution in [0.15, 0.2) is 60.2 Å². The number of anilines is 1. The molecule has 5 unspecified atom stereocenters. The van der Waals surface area contributed by atoms with Crippen molar-refractivity contribution >= 4 is 23.5 Å². The van der Waals surface area contributed by atoms with Gasteiger partial charge < -0.3 is 40.5 Å². The van der Waals surface area contributed by atoms with Gasteiger partial charge in [0, 0.05) is 31.4 Å². The Balaban J connectivity index is 1.80. The maximum Gasteiger partial charge on any atom is 0.328 e. The Hall–Kier alpha value is -3.93. The number of esters is 1. The molecule has 1 aliphatic heterocycles. The molecule has 3 rings (SSSR count). The molecule has 11 heteroatoms. The molecule has 2 aliphatic rings. The van der Waals surface area contributed by atoms with Crippen molar-refractivity contribution < 1.29 is 44.3 Å². The molecule has 1 aromatic rings. The van der Waals surface area contributed by atoms with Gasteiger partial charge in [-0.2, -0.15) is 0 Å². The van der Waals surface area contributed by atoms with Gasteiger partial charge in [0.2, 0.25) is 11.8 Å². The first kappa shape index (κ1) is 37.5. The van der Waals surface area contributed by atoms with Crippen molar-refractivity contribution in [1.82, 2.24) is 5.32 Å². The first-order valence-electron chi connectivity index (χ1n) is 16.3. The molecule has 0 saturated heterocycles. The van der Waals surface area contributed by atoms with E-state index in [2.05, 4.69) is 10.6 Å². The predicted octanol–water partition coefficient (Wildman–Crippen LogP) is 4.36. The van der Waals surface area contributed by atoms with E-state index in [9.17, 15) is 34.8 Å². The van der Waals surface area contributed by atoms with Gasteiger partial charge in [-0.3, -0.25) is 9.59 Å². The van der Waals surface area contributed by atoms with E-state index in [4.69, 9.17) is 9.47 Å². The number of aromatic hydroxyl groups is 2. The normalized spacial score (nSPS) is 27.1. The summed E-state index contributed by atoms with van der Waals surface area (Å²) in [6.07, 6.45) is 13.0. The number of aliphatic hydroxyl groups excluding tert-OH is 2. The molecule has 0 aromatic heterocycles. The van der Waals surface area contributed by atoms with Crippen molar-refractivity contribution in [1.29, 1.82) is 0 Å². The molecule has 1 saturated carbocycles. The molecule has 6 N–H and O–H groups in total. The third-order valence-electron chi connectivity index (χ3n) is 8.78. The number of phenolic OH excluding ortho intramolecular Hbond substituents is 2. The maximum atomic E-state index is 13.2. The van der Waals surface area contributed by atoms with Crippen LogP contribution in [0.4, 0.5) is 5.69 Å². The summed E-state index contributed by atoms with van der Waals surface area (Å²) in [4.78, 5) is 38.6. The van der Waals surface area contributed by atoms with Crippen LogP contribution in [0.3, 0.4) is 0 Å².